The number of nitrogens with zero attached hydrogens (tertiary/aromatic N) is 1. The first-order valence-corrected chi connectivity index (χ1v) is 7.29. The average molecular weight is 311 g/mol. The Hall–Kier alpha value is -0.710. The quantitative estimate of drug-likeness (QED) is 0.931. The lowest BCUT2D eigenvalue weighted by Gasteiger charge is -2.01. The molecule has 2 N–H and O–H groups in total. The van der Waals surface area contributed by atoms with Gasteiger partial charge in [-0.05, 0) is 19.4 Å². The van der Waals surface area contributed by atoms with Crippen molar-refractivity contribution in [1.29, 1.82) is 0 Å². The molecule has 0 fully saturated rings. The molecule has 2 rings (SSSR count). The van der Waals surface area contributed by atoms with E-state index >= 15 is 0 Å². The number of benzene rings is 1. The van der Waals surface area contributed by atoms with Crippen molar-refractivity contribution in [2.75, 3.05) is 0 Å². The summed E-state index contributed by atoms with van der Waals surface area (Å²) in [7, 11) is 0. The molecule has 1 aromatic carbocycles. The zero-order valence-corrected chi connectivity index (χ0v) is 12.1. The first kappa shape index (κ1) is 12.7. The molecule has 17 heavy (non-hydrogen) atoms. The third kappa shape index (κ3) is 3.37. The molecule has 0 aliphatic rings. The zero-order valence-electron chi connectivity index (χ0n) is 9.69. The summed E-state index contributed by atoms with van der Waals surface area (Å²) < 4.78 is 1.09. The van der Waals surface area contributed by atoms with E-state index in [0.717, 1.165) is 33.6 Å². The molecular formula is C13H15BrN2S. The van der Waals surface area contributed by atoms with Crippen LogP contribution in [0, 0.1) is 0 Å². The summed E-state index contributed by atoms with van der Waals surface area (Å²) in [6.45, 7) is 2.03. The molecule has 0 aliphatic carbocycles. The van der Waals surface area contributed by atoms with Crippen molar-refractivity contribution >= 4 is 27.3 Å². The summed E-state index contributed by atoms with van der Waals surface area (Å²) in [5.41, 5.74) is 7.94. The number of rotatable bonds is 4. The van der Waals surface area contributed by atoms with E-state index < -0.39 is 0 Å². The van der Waals surface area contributed by atoms with Gasteiger partial charge in [-0.15, -0.1) is 11.3 Å². The van der Waals surface area contributed by atoms with Crippen molar-refractivity contribution in [3.05, 3.63) is 39.1 Å². The van der Waals surface area contributed by atoms with Crippen LogP contribution in [0.2, 0.25) is 0 Å². The molecule has 1 unspecified atom stereocenters. The molecule has 0 bridgehead atoms. The molecule has 0 radical (unpaired) electrons. The van der Waals surface area contributed by atoms with E-state index in [1.54, 1.807) is 11.3 Å². The highest BCUT2D eigenvalue weighted by Gasteiger charge is 2.07. The van der Waals surface area contributed by atoms with Gasteiger partial charge in [-0.1, -0.05) is 34.1 Å². The third-order valence-electron chi connectivity index (χ3n) is 2.52. The molecule has 0 amide bonds. The van der Waals surface area contributed by atoms with Gasteiger partial charge in [0.25, 0.3) is 0 Å². The monoisotopic (exact) mass is 310 g/mol. The Bertz CT molecular complexity index is 494. The maximum Gasteiger partial charge on any atom is 0.0933 e. The normalized spacial score (nSPS) is 12.6. The Morgan fingerprint density at radius 1 is 1.41 bits per heavy atom. The van der Waals surface area contributed by atoms with Crippen LogP contribution >= 0.6 is 27.3 Å². The van der Waals surface area contributed by atoms with Crippen LogP contribution in [0.5, 0.6) is 0 Å². The first-order chi connectivity index (χ1) is 8.16. The molecule has 1 aromatic heterocycles. The van der Waals surface area contributed by atoms with E-state index in [4.69, 9.17) is 5.73 Å². The summed E-state index contributed by atoms with van der Waals surface area (Å²) in [5, 5.41) is 3.27. The molecule has 4 heteroatoms. The van der Waals surface area contributed by atoms with Gasteiger partial charge in [0.05, 0.1) is 10.7 Å². The maximum atomic E-state index is 5.75. The highest BCUT2D eigenvalue weighted by molar-refractivity contribution is 9.10. The highest BCUT2D eigenvalue weighted by atomic mass is 79.9. The van der Waals surface area contributed by atoms with Gasteiger partial charge in [-0.25, -0.2) is 4.98 Å². The van der Waals surface area contributed by atoms with Gasteiger partial charge in [0.1, 0.15) is 0 Å². The third-order valence-corrected chi connectivity index (χ3v) is 4.12. The minimum Gasteiger partial charge on any atom is -0.328 e. The summed E-state index contributed by atoms with van der Waals surface area (Å²) in [6.07, 6.45) is 1.95. The van der Waals surface area contributed by atoms with Crippen molar-refractivity contribution in [3.63, 3.8) is 0 Å². The number of hydrogen-bond acceptors (Lipinski definition) is 3. The van der Waals surface area contributed by atoms with Crippen molar-refractivity contribution in [2.45, 2.75) is 25.8 Å². The number of halogens is 1. The van der Waals surface area contributed by atoms with E-state index in [1.807, 2.05) is 25.1 Å². The summed E-state index contributed by atoms with van der Waals surface area (Å²) in [5.74, 6) is 0. The van der Waals surface area contributed by atoms with Gasteiger partial charge in [0, 0.05) is 27.9 Å². The second kappa shape index (κ2) is 5.76. The van der Waals surface area contributed by atoms with Crippen LogP contribution in [0.1, 0.15) is 18.4 Å². The van der Waals surface area contributed by atoms with E-state index in [2.05, 4.69) is 32.4 Å². The van der Waals surface area contributed by atoms with Gasteiger partial charge in [0.2, 0.25) is 0 Å². The zero-order chi connectivity index (χ0) is 12.3. The van der Waals surface area contributed by atoms with Crippen LogP contribution in [0.4, 0.5) is 0 Å². The van der Waals surface area contributed by atoms with Gasteiger partial charge >= 0.3 is 0 Å². The number of hydrogen-bond donors (Lipinski definition) is 1. The molecule has 1 heterocycles. The van der Waals surface area contributed by atoms with Crippen LogP contribution in [0.25, 0.3) is 11.3 Å². The lowest BCUT2D eigenvalue weighted by Crippen LogP contribution is -2.15. The van der Waals surface area contributed by atoms with Crippen LogP contribution in [-0.2, 0) is 6.42 Å². The fourth-order valence-electron chi connectivity index (χ4n) is 1.57. The molecule has 1 atom stereocenters. The number of aromatic nitrogens is 1. The maximum absolute atomic E-state index is 5.75. The molecule has 0 saturated heterocycles. The predicted molar refractivity (Wildman–Crippen MR) is 77.2 cm³/mol. The smallest absolute Gasteiger partial charge is 0.0933 e. The molecule has 2 aromatic rings. The number of nitrogens with two attached hydrogens (primary N) is 1. The SMILES string of the molecule is CC(N)CCc1nc(-c2ccccc2Br)cs1. The Balaban J connectivity index is 2.16. The van der Waals surface area contributed by atoms with Crippen LogP contribution in [0.15, 0.2) is 34.1 Å². The minimum atomic E-state index is 0.241. The van der Waals surface area contributed by atoms with Crippen molar-refractivity contribution < 1.29 is 0 Å². The fraction of sp³-hybridized carbons (Fsp3) is 0.308. The molecule has 0 aliphatic heterocycles. The number of thiazole rings is 1. The standard InChI is InChI=1S/C13H15BrN2S/c1-9(15)6-7-13-16-12(8-17-13)10-4-2-3-5-11(10)14/h2-5,8-9H,6-7,15H2,1H3. The van der Waals surface area contributed by atoms with E-state index in [1.165, 1.54) is 0 Å². The van der Waals surface area contributed by atoms with Gasteiger partial charge < -0.3 is 5.73 Å². The molecule has 90 valence electrons. The second-order valence-corrected chi connectivity index (χ2v) is 5.92. The predicted octanol–water partition coefficient (Wildman–Crippen LogP) is 3.85. The van der Waals surface area contributed by atoms with Crippen LogP contribution < -0.4 is 5.73 Å². The second-order valence-electron chi connectivity index (χ2n) is 4.12. The summed E-state index contributed by atoms with van der Waals surface area (Å²) >= 11 is 5.26. The van der Waals surface area contributed by atoms with E-state index in [0.29, 0.717) is 0 Å². The Morgan fingerprint density at radius 3 is 2.88 bits per heavy atom. The minimum absolute atomic E-state index is 0.241. The van der Waals surface area contributed by atoms with Crippen molar-refractivity contribution in [3.8, 4) is 11.3 Å². The highest BCUT2D eigenvalue weighted by Crippen LogP contribution is 2.29. The van der Waals surface area contributed by atoms with Crippen LogP contribution in [-0.4, -0.2) is 11.0 Å². The van der Waals surface area contributed by atoms with Gasteiger partial charge in [-0.3, -0.25) is 0 Å². The average Bonchev–Trinajstić information content (AvgIpc) is 2.75. The summed E-state index contributed by atoms with van der Waals surface area (Å²) in [4.78, 5) is 4.65. The van der Waals surface area contributed by atoms with Crippen molar-refractivity contribution in [2.24, 2.45) is 5.73 Å². The lowest BCUT2D eigenvalue weighted by atomic mass is 10.2. The molecule has 2 nitrogen and oxygen atoms in total. The number of aryl methyl sites for hydroxylation is 1. The largest absolute Gasteiger partial charge is 0.328 e. The summed E-state index contributed by atoms with van der Waals surface area (Å²) in [6, 6.07) is 8.40. The van der Waals surface area contributed by atoms with Gasteiger partial charge in [0.15, 0.2) is 0 Å². The van der Waals surface area contributed by atoms with E-state index in [9.17, 15) is 0 Å². The Labute approximate surface area is 114 Å². The molecule has 0 saturated carbocycles. The Kier molecular flexibility index (Phi) is 4.31. The fourth-order valence-corrected chi connectivity index (χ4v) is 2.87. The first-order valence-electron chi connectivity index (χ1n) is 5.61. The lowest BCUT2D eigenvalue weighted by molar-refractivity contribution is 0.664. The molecule has 0 spiro atoms. The van der Waals surface area contributed by atoms with Crippen molar-refractivity contribution in [1.82, 2.24) is 4.98 Å². The van der Waals surface area contributed by atoms with Crippen LogP contribution in [0.3, 0.4) is 0 Å². The topological polar surface area (TPSA) is 38.9 Å². The van der Waals surface area contributed by atoms with E-state index in [-0.39, 0.29) is 6.04 Å². The van der Waals surface area contributed by atoms with Gasteiger partial charge in [-0.2, -0.15) is 0 Å². The Morgan fingerprint density at radius 2 is 2.18 bits per heavy atom. The molecular weight excluding hydrogens is 296 g/mol.